The van der Waals surface area contributed by atoms with Crippen molar-refractivity contribution >= 4 is 32.5 Å². The predicted molar refractivity (Wildman–Crippen MR) is 113 cm³/mol. The molecule has 154 valence electrons. The molecular formula is C21H21N5O3S. The molecule has 0 bridgehead atoms. The fraction of sp³-hybridized carbons (Fsp3) is 0.190. The molecule has 1 atom stereocenters. The molecular weight excluding hydrogens is 402 g/mol. The molecule has 0 radical (unpaired) electrons. The Bertz CT molecular complexity index is 1240. The van der Waals surface area contributed by atoms with Gasteiger partial charge in [-0.2, -0.15) is 4.72 Å². The van der Waals surface area contributed by atoms with Crippen molar-refractivity contribution < 1.29 is 13.2 Å². The lowest BCUT2D eigenvalue weighted by atomic mass is 10.1. The van der Waals surface area contributed by atoms with E-state index < -0.39 is 16.1 Å². The SMILES string of the molecule is N=C(N)c1cccc(CN2CC[C@H](NS(=O)(=O)c3ccc4ccncc4c3)C2=O)c1. The van der Waals surface area contributed by atoms with Crippen LogP contribution in [0.2, 0.25) is 0 Å². The van der Waals surface area contributed by atoms with Crippen LogP contribution in [-0.2, 0) is 21.4 Å². The lowest BCUT2D eigenvalue weighted by molar-refractivity contribution is -0.129. The molecule has 4 rings (SSSR count). The van der Waals surface area contributed by atoms with Crippen molar-refractivity contribution in [3.8, 4) is 0 Å². The minimum absolute atomic E-state index is 0.0409. The van der Waals surface area contributed by atoms with Gasteiger partial charge in [0.2, 0.25) is 15.9 Å². The number of rotatable bonds is 6. The number of carbonyl (C=O) groups excluding carboxylic acids is 1. The number of benzene rings is 2. The van der Waals surface area contributed by atoms with Crippen molar-refractivity contribution in [2.75, 3.05) is 6.54 Å². The molecule has 8 nitrogen and oxygen atoms in total. The molecule has 1 aliphatic rings. The quantitative estimate of drug-likeness (QED) is 0.410. The Morgan fingerprint density at radius 2 is 2.03 bits per heavy atom. The molecule has 0 aliphatic carbocycles. The standard InChI is InChI=1S/C21H21N5O3S/c22-20(23)16-3-1-2-14(10-16)13-26-9-7-19(21(26)27)25-30(28,29)18-5-4-15-6-8-24-12-17(15)11-18/h1-6,8,10-12,19,25H,7,9,13H2,(H3,22,23)/t19-/m0/s1. The first-order valence-electron chi connectivity index (χ1n) is 9.42. The molecule has 2 aromatic carbocycles. The Balaban J connectivity index is 1.48. The van der Waals surface area contributed by atoms with Crippen LogP contribution in [0.15, 0.2) is 65.8 Å². The number of nitrogens with one attached hydrogen (secondary N) is 2. The Morgan fingerprint density at radius 3 is 2.83 bits per heavy atom. The van der Waals surface area contributed by atoms with Crippen LogP contribution < -0.4 is 10.5 Å². The second-order valence-electron chi connectivity index (χ2n) is 7.22. The number of aromatic nitrogens is 1. The fourth-order valence-corrected chi connectivity index (χ4v) is 4.81. The molecule has 1 saturated heterocycles. The largest absolute Gasteiger partial charge is 0.384 e. The second kappa shape index (κ2) is 7.85. The molecule has 9 heteroatoms. The molecule has 1 aromatic heterocycles. The van der Waals surface area contributed by atoms with Crippen molar-refractivity contribution in [1.82, 2.24) is 14.6 Å². The van der Waals surface area contributed by atoms with Crippen molar-refractivity contribution in [3.05, 3.63) is 72.1 Å². The van der Waals surface area contributed by atoms with E-state index in [1.807, 2.05) is 6.07 Å². The van der Waals surface area contributed by atoms with Crippen LogP contribution in [0.5, 0.6) is 0 Å². The summed E-state index contributed by atoms with van der Waals surface area (Å²) in [6.45, 7) is 0.776. The van der Waals surface area contributed by atoms with Gasteiger partial charge in [-0.05, 0) is 41.6 Å². The number of hydrogen-bond acceptors (Lipinski definition) is 5. The van der Waals surface area contributed by atoms with Gasteiger partial charge in [-0.3, -0.25) is 15.2 Å². The van der Waals surface area contributed by atoms with Crippen LogP contribution in [0.3, 0.4) is 0 Å². The first-order valence-corrected chi connectivity index (χ1v) is 10.9. The van der Waals surface area contributed by atoms with Gasteiger partial charge in [0, 0.05) is 36.4 Å². The molecule has 0 spiro atoms. The molecule has 2 heterocycles. The minimum atomic E-state index is -3.85. The summed E-state index contributed by atoms with van der Waals surface area (Å²) < 4.78 is 28.2. The van der Waals surface area contributed by atoms with Gasteiger partial charge >= 0.3 is 0 Å². The van der Waals surface area contributed by atoms with Crippen LogP contribution in [-0.4, -0.2) is 42.6 Å². The van der Waals surface area contributed by atoms with E-state index in [4.69, 9.17) is 11.1 Å². The van der Waals surface area contributed by atoms with Crippen molar-refractivity contribution in [1.29, 1.82) is 5.41 Å². The molecule has 30 heavy (non-hydrogen) atoms. The van der Waals surface area contributed by atoms with Gasteiger partial charge in [0.1, 0.15) is 11.9 Å². The Kier molecular flexibility index (Phi) is 5.23. The van der Waals surface area contributed by atoms with E-state index >= 15 is 0 Å². The van der Waals surface area contributed by atoms with E-state index in [-0.39, 0.29) is 16.6 Å². The van der Waals surface area contributed by atoms with Gasteiger partial charge in [-0.15, -0.1) is 0 Å². The summed E-state index contributed by atoms with van der Waals surface area (Å²) in [6, 6.07) is 12.9. The topological polar surface area (TPSA) is 129 Å². The highest BCUT2D eigenvalue weighted by atomic mass is 32.2. The number of amidine groups is 1. The Morgan fingerprint density at radius 1 is 1.20 bits per heavy atom. The molecule has 0 saturated carbocycles. The van der Waals surface area contributed by atoms with Gasteiger partial charge < -0.3 is 10.6 Å². The van der Waals surface area contributed by atoms with Crippen molar-refractivity contribution in [3.63, 3.8) is 0 Å². The number of likely N-dealkylation sites (tertiary alicyclic amines) is 1. The van der Waals surface area contributed by atoms with Crippen LogP contribution in [0, 0.1) is 5.41 Å². The molecule has 1 aliphatic heterocycles. The number of amides is 1. The first-order chi connectivity index (χ1) is 14.3. The van der Waals surface area contributed by atoms with E-state index in [0.717, 1.165) is 10.9 Å². The number of nitrogen functional groups attached to an aromatic ring is 1. The van der Waals surface area contributed by atoms with Gasteiger partial charge in [-0.1, -0.05) is 24.3 Å². The molecule has 0 unspecified atom stereocenters. The van der Waals surface area contributed by atoms with Crippen LogP contribution in [0.4, 0.5) is 0 Å². The number of hydrogen-bond donors (Lipinski definition) is 3. The first kappa shape index (κ1) is 20.0. The normalized spacial score (nSPS) is 16.9. The highest BCUT2D eigenvalue weighted by molar-refractivity contribution is 7.89. The summed E-state index contributed by atoms with van der Waals surface area (Å²) in [5.41, 5.74) is 6.94. The minimum Gasteiger partial charge on any atom is -0.384 e. The smallest absolute Gasteiger partial charge is 0.241 e. The van der Waals surface area contributed by atoms with E-state index in [1.54, 1.807) is 53.7 Å². The number of carbonyl (C=O) groups is 1. The zero-order chi connectivity index (χ0) is 21.3. The van der Waals surface area contributed by atoms with Gasteiger partial charge in [-0.25, -0.2) is 8.42 Å². The highest BCUT2D eigenvalue weighted by Gasteiger charge is 2.35. The van der Waals surface area contributed by atoms with Gasteiger partial charge in [0.15, 0.2) is 0 Å². The van der Waals surface area contributed by atoms with Crippen LogP contribution in [0.1, 0.15) is 17.5 Å². The third-order valence-electron chi connectivity index (χ3n) is 5.13. The zero-order valence-electron chi connectivity index (χ0n) is 16.1. The molecule has 4 N–H and O–H groups in total. The molecule has 1 fully saturated rings. The Labute approximate surface area is 174 Å². The number of pyridine rings is 1. The number of nitrogens with two attached hydrogens (primary N) is 1. The number of nitrogens with zero attached hydrogens (tertiary/aromatic N) is 2. The van der Waals surface area contributed by atoms with Gasteiger partial charge in [0.05, 0.1) is 4.90 Å². The molecule has 3 aromatic rings. The third-order valence-corrected chi connectivity index (χ3v) is 6.60. The van der Waals surface area contributed by atoms with E-state index in [9.17, 15) is 13.2 Å². The summed E-state index contributed by atoms with van der Waals surface area (Å²) in [7, 11) is -3.85. The average molecular weight is 423 g/mol. The highest BCUT2D eigenvalue weighted by Crippen LogP contribution is 2.21. The van der Waals surface area contributed by atoms with E-state index in [1.165, 1.54) is 6.07 Å². The second-order valence-corrected chi connectivity index (χ2v) is 8.94. The monoisotopic (exact) mass is 423 g/mol. The van der Waals surface area contributed by atoms with E-state index in [0.29, 0.717) is 30.5 Å². The lowest BCUT2D eigenvalue weighted by Crippen LogP contribution is -2.41. The van der Waals surface area contributed by atoms with Crippen molar-refractivity contribution in [2.24, 2.45) is 5.73 Å². The average Bonchev–Trinajstić information content (AvgIpc) is 3.06. The van der Waals surface area contributed by atoms with E-state index in [2.05, 4.69) is 9.71 Å². The van der Waals surface area contributed by atoms with Crippen LogP contribution in [0.25, 0.3) is 10.8 Å². The fourth-order valence-electron chi connectivity index (χ4n) is 3.55. The molecule has 1 amide bonds. The Hall–Kier alpha value is -3.30. The summed E-state index contributed by atoms with van der Waals surface area (Å²) in [5.74, 6) is -0.310. The predicted octanol–water partition coefficient (Wildman–Crippen LogP) is 1.60. The maximum absolute atomic E-state index is 12.8. The van der Waals surface area contributed by atoms with Crippen molar-refractivity contribution in [2.45, 2.75) is 23.9 Å². The number of fused-ring (bicyclic) bond motifs is 1. The summed E-state index contributed by atoms with van der Waals surface area (Å²) >= 11 is 0. The number of sulfonamides is 1. The maximum Gasteiger partial charge on any atom is 0.241 e. The lowest BCUT2D eigenvalue weighted by Gasteiger charge is -2.18. The zero-order valence-corrected chi connectivity index (χ0v) is 16.9. The summed E-state index contributed by atoms with van der Waals surface area (Å²) in [5, 5.41) is 9.14. The van der Waals surface area contributed by atoms with Gasteiger partial charge in [0.25, 0.3) is 0 Å². The summed E-state index contributed by atoms with van der Waals surface area (Å²) in [6.07, 6.45) is 3.64. The summed E-state index contributed by atoms with van der Waals surface area (Å²) in [4.78, 5) is 18.5. The maximum atomic E-state index is 12.8. The third kappa shape index (κ3) is 4.03. The van der Waals surface area contributed by atoms with Crippen LogP contribution >= 0.6 is 0 Å².